The van der Waals surface area contributed by atoms with Gasteiger partial charge in [-0.15, -0.1) is 0 Å². The monoisotopic (exact) mass is 298 g/mol. The highest BCUT2D eigenvalue weighted by molar-refractivity contribution is 6.30. The first-order valence-corrected chi connectivity index (χ1v) is 7.84. The van der Waals surface area contributed by atoms with Crippen molar-refractivity contribution in [2.45, 2.75) is 39.2 Å². The molecule has 0 aliphatic carbocycles. The molecule has 0 radical (unpaired) electrons. The molecule has 1 atom stereocenters. The highest BCUT2D eigenvalue weighted by atomic mass is 35.5. The van der Waals surface area contributed by atoms with E-state index in [1.165, 1.54) is 12.8 Å². The maximum absolute atomic E-state index is 6.15. The number of hydrogen-bond acceptors (Lipinski definition) is 3. The summed E-state index contributed by atoms with van der Waals surface area (Å²) in [5.74, 6) is 0.898. The van der Waals surface area contributed by atoms with Gasteiger partial charge in [0.25, 0.3) is 0 Å². The van der Waals surface area contributed by atoms with Gasteiger partial charge in [-0.2, -0.15) is 0 Å². The van der Waals surface area contributed by atoms with E-state index in [2.05, 4.69) is 25.8 Å². The van der Waals surface area contributed by atoms with Crippen LogP contribution in [0.5, 0.6) is 5.75 Å². The summed E-state index contributed by atoms with van der Waals surface area (Å²) >= 11 is 6.15. The number of unbranched alkanes of at least 4 members (excludes halogenated alkanes) is 1. The van der Waals surface area contributed by atoms with Crippen LogP contribution in [0.4, 0.5) is 0 Å². The fourth-order valence-electron chi connectivity index (χ4n) is 2.23. The summed E-state index contributed by atoms with van der Waals surface area (Å²) in [6.07, 6.45) is 3.33. The molecule has 0 spiro atoms. The summed E-state index contributed by atoms with van der Waals surface area (Å²) in [5, 5.41) is 0.728. The summed E-state index contributed by atoms with van der Waals surface area (Å²) in [4.78, 5) is 2.29. The van der Waals surface area contributed by atoms with Gasteiger partial charge in [0, 0.05) is 17.1 Å². The van der Waals surface area contributed by atoms with Gasteiger partial charge in [0.1, 0.15) is 5.75 Å². The molecule has 0 aliphatic rings. The normalized spacial score (nSPS) is 12.7. The lowest BCUT2D eigenvalue weighted by Crippen LogP contribution is -2.31. The van der Waals surface area contributed by atoms with Gasteiger partial charge in [0.2, 0.25) is 0 Å². The molecule has 0 heterocycles. The average molecular weight is 299 g/mol. The van der Waals surface area contributed by atoms with E-state index in [-0.39, 0.29) is 6.04 Å². The van der Waals surface area contributed by atoms with E-state index >= 15 is 0 Å². The Morgan fingerprint density at radius 2 is 2.05 bits per heavy atom. The number of halogens is 1. The molecule has 0 aliphatic heterocycles. The first-order valence-electron chi connectivity index (χ1n) is 7.46. The Hall–Kier alpha value is -0.770. The first kappa shape index (κ1) is 17.3. The highest BCUT2D eigenvalue weighted by Gasteiger charge is 2.19. The van der Waals surface area contributed by atoms with Crippen LogP contribution in [0.25, 0.3) is 0 Å². The van der Waals surface area contributed by atoms with Crippen molar-refractivity contribution in [3.63, 3.8) is 0 Å². The fourth-order valence-corrected chi connectivity index (χ4v) is 2.41. The number of benzene rings is 1. The van der Waals surface area contributed by atoms with Gasteiger partial charge < -0.3 is 10.5 Å². The van der Waals surface area contributed by atoms with Crippen molar-refractivity contribution in [2.24, 2.45) is 5.73 Å². The molecule has 1 unspecified atom stereocenters. The van der Waals surface area contributed by atoms with Crippen molar-refractivity contribution >= 4 is 11.6 Å². The Balaban J connectivity index is 2.96. The number of nitrogens with two attached hydrogens (primary N) is 1. The largest absolute Gasteiger partial charge is 0.493 e. The maximum atomic E-state index is 6.15. The summed E-state index contributed by atoms with van der Waals surface area (Å²) in [7, 11) is 2.11. The van der Waals surface area contributed by atoms with Crippen LogP contribution < -0.4 is 10.5 Å². The number of nitrogens with zero attached hydrogens (tertiary/aromatic N) is 1. The SMILES string of the molecule is CCCCN(C)C(CN)c1cc(Cl)ccc1OCCC. The Bertz CT molecular complexity index is 398. The lowest BCUT2D eigenvalue weighted by Gasteiger charge is -2.29. The van der Waals surface area contributed by atoms with Crippen LogP contribution >= 0.6 is 11.6 Å². The summed E-state index contributed by atoms with van der Waals surface area (Å²) < 4.78 is 5.84. The van der Waals surface area contributed by atoms with Gasteiger partial charge >= 0.3 is 0 Å². The molecule has 0 saturated heterocycles. The molecule has 1 rings (SSSR count). The average Bonchev–Trinajstić information content (AvgIpc) is 2.45. The smallest absolute Gasteiger partial charge is 0.124 e. The molecule has 3 nitrogen and oxygen atoms in total. The highest BCUT2D eigenvalue weighted by Crippen LogP contribution is 2.31. The predicted octanol–water partition coefficient (Wildman–Crippen LogP) is 3.86. The van der Waals surface area contributed by atoms with Gasteiger partial charge in [-0.05, 0) is 44.6 Å². The Morgan fingerprint density at radius 3 is 2.65 bits per heavy atom. The predicted molar refractivity (Wildman–Crippen MR) is 86.6 cm³/mol. The summed E-state index contributed by atoms with van der Waals surface area (Å²) in [5.41, 5.74) is 7.07. The van der Waals surface area contributed by atoms with Crippen molar-refractivity contribution < 1.29 is 4.74 Å². The van der Waals surface area contributed by atoms with Crippen LogP contribution in [0, 0.1) is 0 Å². The van der Waals surface area contributed by atoms with Gasteiger partial charge in [-0.1, -0.05) is 31.9 Å². The summed E-state index contributed by atoms with van der Waals surface area (Å²) in [6, 6.07) is 5.94. The van der Waals surface area contributed by atoms with E-state index in [1.807, 2.05) is 18.2 Å². The molecule has 114 valence electrons. The van der Waals surface area contributed by atoms with E-state index in [0.29, 0.717) is 13.2 Å². The maximum Gasteiger partial charge on any atom is 0.124 e. The molecule has 0 amide bonds. The minimum absolute atomic E-state index is 0.145. The van der Waals surface area contributed by atoms with Crippen LogP contribution in [0.2, 0.25) is 5.02 Å². The third-order valence-electron chi connectivity index (χ3n) is 3.41. The molecular weight excluding hydrogens is 272 g/mol. The molecule has 1 aromatic rings. The zero-order valence-electron chi connectivity index (χ0n) is 12.9. The van der Waals surface area contributed by atoms with E-state index in [4.69, 9.17) is 22.1 Å². The third-order valence-corrected chi connectivity index (χ3v) is 3.65. The minimum atomic E-state index is 0.145. The number of rotatable bonds is 9. The second-order valence-corrected chi connectivity index (χ2v) is 5.55. The van der Waals surface area contributed by atoms with Gasteiger partial charge in [0.05, 0.1) is 12.6 Å². The Morgan fingerprint density at radius 1 is 1.30 bits per heavy atom. The number of ether oxygens (including phenoxy) is 1. The number of likely N-dealkylation sites (N-methyl/N-ethyl adjacent to an activating group) is 1. The van der Waals surface area contributed by atoms with Crippen molar-refractivity contribution in [2.75, 3.05) is 26.7 Å². The molecule has 2 N–H and O–H groups in total. The molecule has 1 aromatic carbocycles. The van der Waals surface area contributed by atoms with Crippen LogP contribution in [-0.4, -0.2) is 31.6 Å². The molecule has 0 fully saturated rings. The minimum Gasteiger partial charge on any atom is -0.493 e. The van der Waals surface area contributed by atoms with Crippen LogP contribution in [0.1, 0.15) is 44.7 Å². The molecule has 0 bridgehead atoms. The molecule has 0 aromatic heterocycles. The van der Waals surface area contributed by atoms with Gasteiger partial charge in [-0.25, -0.2) is 0 Å². The second-order valence-electron chi connectivity index (χ2n) is 5.12. The Kier molecular flexibility index (Phi) is 7.97. The van der Waals surface area contributed by atoms with Gasteiger partial charge in [0.15, 0.2) is 0 Å². The molecular formula is C16H27ClN2O. The molecule has 4 heteroatoms. The van der Waals surface area contributed by atoms with E-state index < -0.39 is 0 Å². The van der Waals surface area contributed by atoms with Gasteiger partial charge in [-0.3, -0.25) is 4.90 Å². The van der Waals surface area contributed by atoms with Crippen molar-refractivity contribution in [3.8, 4) is 5.75 Å². The lowest BCUT2D eigenvalue weighted by molar-refractivity contribution is 0.235. The van der Waals surface area contributed by atoms with Crippen LogP contribution in [0.15, 0.2) is 18.2 Å². The van der Waals surface area contributed by atoms with Crippen molar-refractivity contribution in [3.05, 3.63) is 28.8 Å². The topological polar surface area (TPSA) is 38.5 Å². The van der Waals surface area contributed by atoms with Crippen LogP contribution in [-0.2, 0) is 0 Å². The third kappa shape index (κ3) is 4.97. The first-order chi connectivity index (χ1) is 9.63. The standard InChI is InChI=1S/C16H27ClN2O/c1-4-6-9-19(3)15(12-18)14-11-13(17)7-8-16(14)20-10-5-2/h7-8,11,15H,4-6,9-10,12,18H2,1-3H3. The summed E-state index contributed by atoms with van der Waals surface area (Å²) in [6.45, 7) is 6.59. The second kappa shape index (κ2) is 9.22. The van der Waals surface area contributed by atoms with E-state index in [9.17, 15) is 0 Å². The fraction of sp³-hybridized carbons (Fsp3) is 0.625. The zero-order chi connectivity index (χ0) is 15.0. The molecule has 0 saturated carbocycles. The Labute approximate surface area is 128 Å². The lowest BCUT2D eigenvalue weighted by atomic mass is 10.0. The quantitative estimate of drug-likeness (QED) is 0.752. The van der Waals surface area contributed by atoms with Crippen LogP contribution in [0.3, 0.4) is 0 Å². The number of hydrogen-bond donors (Lipinski definition) is 1. The van der Waals surface area contributed by atoms with E-state index in [1.54, 1.807) is 0 Å². The van der Waals surface area contributed by atoms with Crippen molar-refractivity contribution in [1.82, 2.24) is 4.90 Å². The van der Waals surface area contributed by atoms with Crippen molar-refractivity contribution in [1.29, 1.82) is 0 Å². The molecule has 20 heavy (non-hydrogen) atoms. The van der Waals surface area contributed by atoms with E-state index in [0.717, 1.165) is 29.3 Å². The zero-order valence-corrected chi connectivity index (χ0v) is 13.6.